The highest BCUT2D eigenvalue weighted by atomic mass is 16.5. The summed E-state index contributed by atoms with van der Waals surface area (Å²) >= 11 is 0. The summed E-state index contributed by atoms with van der Waals surface area (Å²) in [4.78, 5) is 27.0. The number of aromatic nitrogens is 1. The molecule has 136 valence electrons. The molecule has 1 aliphatic carbocycles. The van der Waals surface area contributed by atoms with Gasteiger partial charge in [0, 0.05) is 11.6 Å². The van der Waals surface area contributed by atoms with E-state index < -0.39 is 5.91 Å². The van der Waals surface area contributed by atoms with Crippen molar-refractivity contribution in [3.8, 4) is 11.3 Å². The summed E-state index contributed by atoms with van der Waals surface area (Å²) in [6, 6.07) is 10.8. The van der Waals surface area contributed by atoms with Gasteiger partial charge in [0.05, 0.1) is 6.04 Å². The molecule has 0 bridgehead atoms. The molecule has 7 heteroatoms. The molecule has 26 heavy (non-hydrogen) atoms. The number of nitrogens with one attached hydrogen (secondary N) is 2. The molecule has 2 aliphatic rings. The van der Waals surface area contributed by atoms with Gasteiger partial charge in [-0.25, -0.2) is 0 Å². The first-order valence-corrected chi connectivity index (χ1v) is 9.09. The summed E-state index contributed by atoms with van der Waals surface area (Å²) in [6.07, 6.45) is 4.41. The molecule has 1 aromatic heterocycles. The average Bonchev–Trinajstić information content (AvgIpc) is 3.13. The fourth-order valence-corrected chi connectivity index (χ4v) is 3.49. The molecule has 2 heterocycles. The van der Waals surface area contributed by atoms with Crippen LogP contribution >= 0.6 is 0 Å². The third-order valence-electron chi connectivity index (χ3n) is 4.97. The highest BCUT2D eigenvalue weighted by molar-refractivity contribution is 5.95. The molecule has 4 rings (SSSR count). The largest absolute Gasteiger partial charge is 0.355 e. The Bertz CT molecular complexity index is 779. The van der Waals surface area contributed by atoms with Crippen LogP contribution in [-0.2, 0) is 4.79 Å². The first-order valence-electron chi connectivity index (χ1n) is 9.09. The molecule has 1 saturated carbocycles. The first kappa shape index (κ1) is 16.8. The zero-order valence-corrected chi connectivity index (χ0v) is 14.5. The maximum Gasteiger partial charge on any atom is 0.291 e. The lowest BCUT2D eigenvalue weighted by Gasteiger charge is -2.26. The number of hydrogen-bond acceptors (Lipinski definition) is 5. The molecule has 0 spiro atoms. The van der Waals surface area contributed by atoms with E-state index in [0.717, 1.165) is 44.3 Å². The molecular weight excluding hydrogens is 332 g/mol. The minimum atomic E-state index is -0.486. The van der Waals surface area contributed by atoms with Gasteiger partial charge in [-0.3, -0.25) is 25.3 Å². The third-order valence-corrected chi connectivity index (χ3v) is 4.97. The van der Waals surface area contributed by atoms with Crippen LogP contribution < -0.4 is 10.9 Å². The fourth-order valence-electron chi connectivity index (χ4n) is 3.49. The Morgan fingerprint density at radius 1 is 1.12 bits per heavy atom. The molecule has 7 nitrogen and oxygen atoms in total. The van der Waals surface area contributed by atoms with Crippen LogP contribution in [0, 0.1) is 5.92 Å². The minimum absolute atomic E-state index is 0.133. The summed E-state index contributed by atoms with van der Waals surface area (Å²) in [7, 11) is 0. The normalized spacial score (nSPS) is 18.5. The predicted octanol–water partition coefficient (Wildman–Crippen LogP) is 1.98. The van der Waals surface area contributed by atoms with Gasteiger partial charge in [0.1, 0.15) is 0 Å². The van der Waals surface area contributed by atoms with Gasteiger partial charge in [0.2, 0.25) is 0 Å². The van der Waals surface area contributed by atoms with Crippen molar-refractivity contribution in [3.63, 3.8) is 0 Å². The van der Waals surface area contributed by atoms with Crippen molar-refractivity contribution in [2.24, 2.45) is 5.92 Å². The van der Waals surface area contributed by atoms with Gasteiger partial charge in [-0.15, -0.1) is 0 Å². The van der Waals surface area contributed by atoms with Gasteiger partial charge in [0.15, 0.2) is 11.5 Å². The number of amides is 2. The van der Waals surface area contributed by atoms with E-state index in [1.54, 1.807) is 6.07 Å². The summed E-state index contributed by atoms with van der Waals surface area (Å²) in [6.45, 7) is 1.90. The second kappa shape index (κ2) is 7.29. The van der Waals surface area contributed by atoms with Gasteiger partial charge in [-0.05, 0) is 44.7 Å². The smallest absolute Gasteiger partial charge is 0.291 e. The van der Waals surface area contributed by atoms with Gasteiger partial charge in [-0.2, -0.15) is 0 Å². The lowest BCUT2D eigenvalue weighted by Crippen LogP contribution is -2.52. The molecule has 2 fully saturated rings. The second-order valence-corrected chi connectivity index (χ2v) is 6.91. The van der Waals surface area contributed by atoms with Gasteiger partial charge < -0.3 is 4.52 Å². The summed E-state index contributed by atoms with van der Waals surface area (Å²) in [5, 5.41) is 3.79. The molecule has 0 unspecified atom stereocenters. The Labute approximate surface area is 151 Å². The molecule has 2 amide bonds. The molecule has 1 aromatic carbocycles. The van der Waals surface area contributed by atoms with E-state index in [2.05, 4.69) is 20.9 Å². The highest BCUT2D eigenvalue weighted by Gasteiger charge is 2.41. The monoisotopic (exact) mass is 354 g/mol. The Morgan fingerprint density at radius 2 is 1.85 bits per heavy atom. The Morgan fingerprint density at radius 3 is 2.54 bits per heavy atom. The van der Waals surface area contributed by atoms with Crippen molar-refractivity contribution >= 4 is 11.8 Å². The summed E-state index contributed by atoms with van der Waals surface area (Å²) in [5.74, 6) is 0.284. The lowest BCUT2D eigenvalue weighted by atomic mass is 10.1. The number of benzene rings is 1. The molecule has 1 saturated heterocycles. The highest BCUT2D eigenvalue weighted by Crippen LogP contribution is 2.36. The van der Waals surface area contributed by atoms with Crippen LogP contribution in [0.4, 0.5) is 0 Å². The standard InChI is InChI=1S/C19H22N4O3/c24-18(15-12-16(26-22-15)13-6-2-1-3-7-13)20-21-19(25)17(14-8-9-14)23-10-4-5-11-23/h1-3,6-7,12,14,17H,4-5,8-11H2,(H,20,24)(H,21,25)/t17-/m1/s1. The van der Waals surface area contributed by atoms with Crippen LogP contribution in [0.5, 0.6) is 0 Å². The number of nitrogens with zero attached hydrogens (tertiary/aromatic N) is 2. The topological polar surface area (TPSA) is 87.5 Å². The number of hydrazine groups is 1. The second-order valence-electron chi connectivity index (χ2n) is 6.91. The van der Waals surface area contributed by atoms with E-state index in [0.29, 0.717) is 11.7 Å². The van der Waals surface area contributed by atoms with E-state index in [4.69, 9.17) is 4.52 Å². The van der Waals surface area contributed by atoms with Crippen LogP contribution in [0.2, 0.25) is 0 Å². The quantitative estimate of drug-likeness (QED) is 0.802. The molecule has 2 aromatic rings. The minimum Gasteiger partial charge on any atom is -0.355 e. The zero-order chi connectivity index (χ0) is 17.9. The maximum atomic E-state index is 12.6. The summed E-state index contributed by atoms with van der Waals surface area (Å²) in [5.41, 5.74) is 6.00. The SMILES string of the molecule is O=C(NNC(=O)[C@@H](C1CC1)N1CCCC1)c1cc(-c2ccccc2)on1. The number of hydrogen-bond donors (Lipinski definition) is 2. The number of rotatable bonds is 5. The van der Waals surface area contributed by atoms with E-state index >= 15 is 0 Å². The summed E-state index contributed by atoms with van der Waals surface area (Å²) < 4.78 is 5.22. The third kappa shape index (κ3) is 3.62. The Hall–Kier alpha value is -2.67. The van der Waals surface area contributed by atoms with Crippen LogP contribution in [0.3, 0.4) is 0 Å². The number of carbonyl (C=O) groups is 2. The van der Waals surface area contributed by atoms with Crippen molar-refractivity contribution < 1.29 is 14.1 Å². The molecule has 0 radical (unpaired) electrons. The molecule has 1 aliphatic heterocycles. The van der Waals surface area contributed by atoms with Crippen molar-refractivity contribution in [2.75, 3.05) is 13.1 Å². The van der Waals surface area contributed by atoms with Crippen LogP contribution in [0.15, 0.2) is 40.9 Å². The van der Waals surface area contributed by atoms with Crippen molar-refractivity contribution in [1.29, 1.82) is 0 Å². The molecular formula is C19H22N4O3. The Balaban J connectivity index is 1.36. The van der Waals surface area contributed by atoms with Crippen LogP contribution in [0.1, 0.15) is 36.2 Å². The lowest BCUT2D eigenvalue weighted by molar-refractivity contribution is -0.127. The molecule has 1 atom stereocenters. The van der Waals surface area contributed by atoms with Gasteiger partial charge in [-0.1, -0.05) is 35.5 Å². The van der Waals surface area contributed by atoms with Crippen molar-refractivity contribution in [1.82, 2.24) is 20.9 Å². The van der Waals surface area contributed by atoms with Crippen molar-refractivity contribution in [3.05, 3.63) is 42.1 Å². The number of carbonyl (C=O) groups excluding carboxylic acids is 2. The van der Waals surface area contributed by atoms with Gasteiger partial charge in [0.25, 0.3) is 11.8 Å². The van der Waals surface area contributed by atoms with Gasteiger partial charge >= 0.3 is 0 Å². The molecule has 2 N–H and O–H groups in total. The van der Waals surface area contributed by atoms with Crippen molar-refractivity contribution in [2.45, 2.75) is 31.7 Å². The van der Waals surface area contributed by atoms with E-state index in [-0.39, 0.29) is 17.6 Å². The van der Waals surface area contributed by atoms with E-state index in [1.165, 1.54) is 0 Å². The average molecular weight is 354 g/mol. The first-order chi connectivity index (χ1) is 12.7. The van der Waals surface area contributed by atoms with Crippen LogP contribution in [-0.4, -0.2) is 41.0 Å². The number of likely N-dealkylation sites (tertiary alicyclic amines) is 1. The fraction of sp³-hybridized carbons (Fsp3) is 0.421. The zero-order valence-electron chi connectivity index (χ0n) is 14.5. The van der Waals surface area contributed by atoms with E-state index in [1.807, 2.05) is 30.3 Å². The predicted molar refractivity (Wildman–Crippen MR) is 94.9 cm³/mol. The maximum absolute atomic E-state index is 12.6. The van der Waals surface area contributed by atoms with E-state index in [9.17, 15) is 9.59 Å². The Kier molecular flexibility index (Phi) is 4.71. The van der Waals surface area contributed by atoms with Crippen LogP contribution in [0.25, 0.3) is 11.3 Å².